The van der Waals surface area contributed by atoms with Gasteiger partial charge >= 0.3 is 0 Å². The van der Waals surface area contributed by atoms with E-state index in [0.29, 0.717) is 0 Å². The van der Waals surface area contributed by atoms with E-state index in [-0.39, 0.29) is 0 Å². The molecule has 1 aromatic rings. The molecule has 0 saturated carbocycles. The highest BCUT2D eigenvalue weighted by atomic mass is 15.2. The zero-order chi connectivity index (χ0) is 6.85. The minimum atomic E-state index is 0.759. The van der Waals surface area contributed by atoms with Crippen LogP contribution >= 0.6 is 0 Å². The van der Waals surface area contributed by atoms with Crippen molar-refractivity contribution in [1.82, 2.24) is 9.13 Å². The Kier molecular flexibility index (Phi) is 1.30. The molecule has 4 heteroatoms. The van der Waals surface area contributed by atoms with Crippen molar-refractivity contribution < 1.29 is 0 Å². The molecule has 9 heavy (non-hydrogen) atoms. The van der Waals surface area contributed by atoms with E-state index < -0.39 is 0 Å². The lowest BCUT2D eigenvalue weighted by Crippen LogP contribution is -2.23. The molecular weight excluding hydrogens is 116 g/mol. The van der Waals surface area contributed by atoms with Crippen molar-refractivity contribution >= 4 is 0 Å². The Morgan fingerprint density at radius 2 is 1.78 bits per heavy atom. The van der Waals surface area contributed by atoms with Gasteiger partial charge in [-0.2, -0.15) is 0 Å². The molecule has 0 amide bonds. The van der Waals surface area contributed by atoms with Crippen molar-refractivity contribution in [2.45, 2.75) is 0 Å². The second-order valence-corrected chi connectivity index (χ2v) is 1.95. The molecule has 4 nitrogen and oxygen atoms in total. The highest BCUT2D eigenvalue weighted by Crippen LogP contribution is 1.73. The van der Waals surface area contributed by atoms with E-state index in [2.05, 4.69) is 5.10 Å². The number of imidazole rings is 1. The molecule has 0 bridgehead atoms. The fourth-order valence-corrected chi connectivity index (χ4v) is 0.764. The van der Waals surface area contributed by atoms with Gasteiger partial charge in [0.2, 0.25) is 5.62 Å². The largest absolute Gasteiger partial charge is 0.320 e. The maximum Gasteiger partial charge on any atom is 0.226 e. The van der Waals surface area contributed by atoms with Crippen LogP contribution < -0.4 is 11.5 Å². The summed E-state index contributed by atoms with van der Waals surface area (Å²) in [7, 11) is 3.79. The van der Waals surface area contributed by atoms with E-state index >= 15 is 0 Å². The summed E-state index contributed by atoms with van der Waals surface area (Å²) in [5.41, 5.74) is 0.759. The van der Waals surface area contributed by atoms with Crippen LogP contribution in [0.2, 0.25) is 0 Å². The average molecular weight is 126 g/mol. The molecule has 0 aliphatic rings. The van der Waals surface area contributed by atoms with Gasteiger partial charge in [-0.3, -0.25) is 0 Å². The number of nitrogens with two attached hydrogens (primary N) is 1. The third-order valence-corrected chi connectivity index (χ3v) is 1.26. The summed E-state index contributed by atoms with van der Waals surface area (Å²) in [5.74, 6) is 5.08. The van der Waals surface area contributed by atoms with Crippen molar-refractivity contribution in [3.63, 3.8) is 0 Å². The summed E-state index contributed by atoms with van der Waals surface area (Å²) in [6.45, 7) is 0. The Morgan fingerprint density at radius 3 is 2.00 bits per heavy atom. The van der Waals surface area contributed by atoms with Crippen LogP contribution in [0.4, 0.5) is 0 Å². The predicted molar refractivity (Wildman–Crippen MR) is 34.1 cm³/mol. The standard InChI is InChI=1S/C5H10N4/c1-8-3-4-9(2)5(8)7-6/h3-4H,6H2,1-2H3. The molecular formula is C5H10N4. The molecule has 0 aliphatic heterocycles. The van der Waals surface area contributed by atoms with Crippen molar-refractivity contribution in [2.24, 2.45) is 25.0 Å². The van der Waals surface area contributed by atoms with Crippen LogP contribution in [-0.2, 0) is 14.1 Å². The second-order valence-electron chi connectivity index (χ2n) is 1.95. The summed E-state index contributed by atoms with van der Waals surface area (Å²) in [6.07, 6.45) is 3.79. The third kappa shape index (κ3) is 0.826. The Bertz CT molecular complexity index is 232. The predicted octanol–water partition coefficient (Wildman–Crippen LogP) is -0.862. The maximum absolute atomic E-state index is 5.08. The van der Waals surface area contributed by atoms with Crippen LogP contribution in [0.3, 0.4) is 0 Å². The molecule has 1 heterocycles. The van der Waals surface area contributed by atoms with Gasteiger partial charge < -0.3 is 15.0 Å². The number of nitrogens with zero attached hydrogens (tertiary/aromatic N) is 3. The summed E-state index contributed by atoms with van der Waals surface area (Å²) >= 11 is 0. The van der Waals surface area contributed by atoms with Crippen LogP contribution in [0.15, 0.2) is 17.5 Å². The van der Waals surface area contributed by atoms with E-state index in [1.807, 2.05) is 35.6 Å². The van der Waals surface area contributed by atoms with Crippen molar-refractivity contribution in [2.75, 3.05) is 0 Å². The van der Waals surface area contributed by atoms with Gasteiger partial charge in [0.05, 0.1) is 0 Å². The van der Waals surface area contributed by atoms with Gasteiger partial charge in [0.1, 0.15) is 0 Å². The van der Waals surface area contributed by atoms with E-state index in [0.717, 1.165) is 5.62 Å². The van der Waals surface area contributed by atoms with Crippen molar-refractivity contribution in [3.8, 4) is 0 Å². The summed E-state index contributed by atoms with van der Waals surface area (Å²) < 4.78 is 3.69. The Labute approximate surface area is 53.2 Å². The lowest BCUT2D eigenvalue weighted by Gasteiger charge is -1.89. The van der Waals surface area contributed by atoms with Gasteiger partial charge in [-0.1, -0.05) is 0 Å². The second kappa shape index (κ2) is 1.97. The fraction of sp³-hybridized carbons (Fsp3) is 0.400. The molecule has 0 aliphatic carbocycles. The fourth-order valence-electron chi connectivity index (χ4n) is 0.764. The lowest BCUT2D eigenvalue weighted by atomic mass is 10.9. The van der Waals surface area contributed by atoms with Crippen molar-refractivity contribution in [1.29, 1.82) is 0 Å². The van der Waals surface area contributed by atoms with E-state index in [1.54, 1.807) is 0 Å². The zero-order valence-corrected chi connectivity index (χ0v) is 5.57. The van der Waals surface area contributed by atoms with Crippen molar-refractivity contribution in [3.05, 3.63) is 18.0 Å². The molecule has 0 radical (unpaired) electrons. The minimum absolute atomic E-state index is 0.759. The number of hydrogen-bond donors (Lipinski definition) is 1. The molecule has 0 atom stereocenters. The zero-order valence-electron chi connectivity index (χ0n) is 5.57. The molecule has 0 unspecified atom stereocenters. The minimum Gasteiger partial charge on any atom is -0.320 e. The van der Waals surface area contributed by atoms with Crippen LogP contribution in [0.1, 0.15) is 0 Å². The molecule has 0 spiro atoms. The van der Waals surface area contributed by atoms with Gasteiger partial charge in [-0.25, -0.2) is 0 Å². The smallest absolute Gasteiger partial charge is 0.226 e. The molecule has 0 saturated heterocycles. The summed E-state index contributed by atoms with van der Waals surface area (Å²) in [5, 5.41) is 3.56. The first kappa shape index (κ1) is 5.94. The number of aromatic nitrogens is 2. The number of aryl methyl sites for hydroxylation is 2. The summed E-state index contributed by atoms with van der Waals surface area (Å²) in [6, 6.07) is 0. The first-order valence-corrected chi connectivity index (χ1v) is 2.67. The monoisotopic (exact) mass is 126 g/mol. The van der Waals surface area contributed by atoms with Crippen LogP contribution in [0.25, 0.3) is 0 Å². The van der Waals surface area contributed by atoms with Gasteiger partial charge in [-0.15, -0.1) is 5.10 Å². The molecule has 0 aromatic carbocycles. The molecule has 50 valence electrons. The summed E-state index contributed by atoms with van der Waals surface area (Å²) in [4.78, 5) is 0. The van der Waals surface area contributed by atoms with Crippen LogP contribution in [0, 0.1) is 0 Å². The van der Waals surface area contributed by atoms with Gasteiger partial charge in [-0.05, 0) is 0 Å². The number of hydrogen-bond acceptors (Lipinski definition) is 2. The first-order valence-electron chi connectivity index (χ1n) is 2.67. The molecule has 0 fully saturated rings. The van der Waals surface area contributed by atoms with Gasteiger partial charge in [0.25, 0.3) is 0 Å². The normalized spacial score (nSPS) is 9.56. The van der Waals surface area contributed by atoms with E-state index in [9.17, 15) is 0 Å². The van der Waals surface area contributed by atoms with Gasteiger partial charge in [0.15, 0.2) is 0 Å². The average Bonchev–Trinajstić information content (AvgIpc) is 2.12. The highest BCUT2D eigenvalue weighted by molar-refractivity contribution is 4.76. The lowest BCUT2D eigenvalue weighted by molar-refractivity contribution is 0.727. The van der Waals surface area contributed by atoms with E-state index in [1.165, 1.54) is 0 Å². The van der Waals surface area contributed by atoms with E-state index in [4.69, 9.17) is 5.84 Å². The third-order valence-electron chi connectivity index (χ3n) is 1.26. The Balaban J connectivity index is 3.42. The topological polar surface area (TPSA) is 48.2 Å². The quantitative estimate of drug-likeness (QED) is 0.357. The highest BCUT2D eigenvalue weighted by Gasteiger charge is 1.88. The SMILES string of the molecule is Cn1ccn(C)c1=NN. The Hall–Kier alpha value is -1.19. The molecule has 2 N–H and O–H groups in total. The molecule has 1 rings (SSSR count). The van der Waals surface area contributed by atoms with Gasteiger partial charge in [0, 0.05) is 26.5 Å². The molecule has 1 aromatic heterocycles. The van der Waals surface area contributed by atoms with Crippen LogP contribution in [0.5, 0.6) is 0 Å². The maximum atomic E-state index is 5.08. The Morgan fingerprint density at radius 1 is 1.33 bits per heavy atom. The first-order chi connectivity index (χ1) is 4.25. The van der Waals surface area contributed by atoms with Crippen LogP contribution in [-0.4, -0.2) is 9.13 Å². The number of rotatable bonds is 0.